The van der Waals surface area contributed by atoms with Crippen LogP contribution in [0.25, 0.3) is 10.4 Å². The average molecular weight is 437 g/mol. The Labute approximate surface area is 173 Å². The largest absolute Gasteiger partial charge is 0.448 e. The van der Waals surface area contributed by atoms with E-state index in [9.17, 15) is 27.2 Å². The van der Waals surface area contributed by atoms with Crippen LogP contribution < -0.4 is 5.32 Å². The summed E-state index contributed by atoms with van der Waals surface area (Å²) in [4.78, 5) is 25.4. The highest BCUT2D eigenvalue weighted by atomic mass is 32.1. The van der Waals surface area contributed by atoms with Crippen molar-refractivity contribution in [2.24, 2.45) is 0 Å². The fourth-order valence-corrected chi connectivity index (χ4v) is 3.46. The lowest BCUT2D eigenvalue weighted by Gasteiger charge is -2.16. The second kappa shape index (κ2) is 8.66. The van der Waals surface area contributed by atoms with Gasteiger partial charge in [-0.25, -0.2) is 9.18 Å². The first-order valence-electron chi connectivity index (χ1n) is 8.69. The summed E-state index contributed by atoms with van der Waals surface area (Å²) in [6, 6.07) is 13.4. The van der Waals surface area contributed by atoms with Crippen molar-refractivity contribution < 1.29 is 31.9 Å². The third kappa shape index (κ3) is 5.04. The molecule has 1 atom stereocenters. The molecule has 0 saturated carbocycles. The van der Waals surface area contributed by atoms with Gasteiger partial charge in [0.05, 0.1) is 11.3 Å². The number of thiophene rings is 1. The number of hydrogen-bond donors (Lipinski definition) is 1. The van der Waals surface area contributed by atoms with Crippen LogP contribution in [-0.4, -0.2) is 18.0 Å². The van der Waals surface area contributed by atoms with Gasteiger partial charge >= 0.3 is 12.1 Å². The lowest BCUT2D eigenvalue weighted by Crippen LogP contribution is -2.30. The molecule has 1 unspecified atom stereocenters. The Morgan fingerprint density at radius 3 is 2.33 bits per heavy atom. The molecule has 0 bridgehead atoms. The molecule has 4 nitrogen and oxygen atoms in total. The van der Waals surface area contributed by atoms with Gasteiger partial charge in [0.1, 0.15) is 10.7 Å². The predicted molar refractivity (Wildman–Crippen MR) is 105 cm³/mol. The number of halogens is 4. The van der Waals surface area contributed by atoms with Crippen LogP contribution in [0.1, 0.15) is 22.2 Å². The summed E-state index contributed by atoms with van der Waals surface area (Å²) in [6.45, 7) is 1.26. The molecule has 0 aliphatic carbocycles. The summed E-state index contributed by atoms with van der Waals surface area (Å²) >= 11 is 1.09. The zero-order chi connectivity index (χ0) is 21.9. The molecule has 0 saturated heterocycles. The summed E-state index contributed by atoms with van der Waals surface area (Å²) < 4.78 is 57.2. The summed E-state index contributed by atoms with van der Waals surface area (Å²) in [5.74, 6) is -2.07. The van der Waals surface area contributed by atoms with E-state index in [2.05, 4.69) is 5.32 Å². The lowest BCUT2D eigenvalue weighted by molar-refractivity contribution is -0.137. The number of para-hydroxylation sites is 1. The molecule has 9 heteroatoms. The van der Waals surface area contributed by atoms with Crippen LogP contribution in [0.4, 0.5) is 23.2 Å². The minimum absolute atomic E-state index is 0.199. The number of esters is 1. The monoisotopic (exact) mass is 437 g/mol. The molecule has 1 amide bonds. The van der Waals surface area contributed by atoms with Crippen LogP contribution in [0.3, 0.4) is 0 Å². The molecule has 1 heterocycles. The fourth-order valence-electron chi connectivity index (χ4n) is 2.56. The Morgan fingerprint density at radius 1 is 1.00 bits per heavy atom. The Kier molecular flexibility index (Phi) is 6.21. The topological polar surface area (TPSA) is 55.4 Å². The third-order valence-corrected chi connectivity index (χ3v) is 5.19. The number of anilines is 1. The van der Waals surface area contributed by atoms with Crippen molar-refractivity contribution in [2.45, 2.75) is 19.2 Å². The van der Waals surface area contributed by atoms with Gasteiger partial charge in [0.2, 0.25) is 0 Å². The molecule has 156 valence electrons. The van der Waals surface area contributed by atoms with Crippen molar-refractivity contribution in [2.75, 3.05) is 5.32 Å². The van der Waals surface area contributed by atoms with E-state index in [0.29, 0.717) is 10.4 Å². The molecule has 0 radical (unpaired) electrons. The molecule has 0 fully saturated rings. The van der Waals surface area contributed by atoms with E-state index < -0.39 is 35.4 Å². The number of rotatable bonds is 5. The number of amides is 1. The van der Waals surface area contributed by atoms with Crippen LogP contribution in [0.15, 0.2) is 60.7 Å². The van der Waals surface area contributed by atoms with Gasteiger partial charge in [-0.05, 0) is 48.9 Å². The molecule has 3 aromatic rings. The summed E-state index contributed by atoms with van der Waals surface area (Å²) in [7, 11) is 0. The molecule has 0 aliphatic heterocycles. The van der Waals surface area contributed by atoms with E-state index >= 15 is 0 Å². The van der Waals surface area contributed by atoms with Gasteiger partial charge in [-0.1, -0.05) is 24.3 Å². The number of carbonyl (C=O) groups is 2. The second-order valence-electron chi connectivity index (χ2n) is 6.25. The molecule has 30 heavy (non-hydrogen) atoms. The number of nitrogens with one attached hydrogen (secondary N) is 1. The maximum atomic E-state index is 13.0. The van der Waals surface area contributed by atoms with Crippen molar-refractivity contribution in [3.8, 4) is 10.4 Å². The standard InChI is InChI=1S/C21H15F4NO3S/c1-12(19(27)26-16-5-3-2-4-15(16)21(23,24)25)29-20(28)18-11-10-17(30-18)13-6-8-14(22)9-7-13/h2-12H,1H3,(H,26,27). The van der Waals surface area contributed by atoms with Crippen LogP contribution in [0.5, 0.6) is 0 Å². The second-order valence-corrected chi connectivity index (χ2v) is 7.33. The predicted octanol–water partition coefficient (Wildman–Crippen LogP) is 5.76. The van der Waals surface area contributed by atoms with Crippen molar-refractivity contribution in [3.05, 3.63) is 76.9 Å². The highest BCUT2D eigenvalue weighted by molar-refractivity contribution is 7.17. The first-order valence-corrected chi connectivity index (χ1v) is 9.50. The number of hydrogen-bond acceptors (Lipinski definition) is 4. The molecule has 0 spiro atoms. The Bertz CT molecular complexity index is 1060. The summed E-state index contributed by atoms with van der Waals surface area (Å²) in [6.07, 6.45) is -5.97. The fraction of sp³-hybridized carbons (Fsp3) is 0.143. The van der Waals surface area contributed by atoms with E-state index in [-0.39, 0.29) is 10.7 Å². The summed E-state index contributed by atoms with van der Waals surface area (Å²) in [5, 5.41) is 2.14. The normalized spacial score (nSPS) is 12.3. The molecular weight excluding hydrogens is 422 g/mol. The minimum atomic E-state index is -4.64. The van der Waals surface area contributed by atoms with Gasteiger partial charge in [-0.3, -0.25) is 4.79 Å². The molecular formula is C21H15F4NO3S. The molecule has 1 N–H and O–H groups in total. The van der Waals surface area contributed by atoms with E-state index in [1.807, 2.05) is 0 Å². The van der Waals surface area contributed by atoms with Gasteiger partial charge in [-0.15, -0.1) is 11.3 Å². The lowest BCUT2D eigenvalue weighted by atomic mass is 10.1. The van der Waals surface area contributed by atoms with E-state index in [0.717, 1.165) is 23.5 Å². The van der Waals surface area contributed by atoms with E-state index in [1.165, 1.54) is 37.3 Å². The van der Waals surface area contributed by atoms with Crippen molar-refractivity contribution >= 4 is 28.9 Å². The van der Waals surface area contributed by atoms with Gasteiger partial charge in [0, 0.05) is 4.88 Å². The first kappa shape index (κ1) is 21.5. The molecule has 1 aromatic heterocycles. The van der Waals surface area contributed by atoms with Gasteiger partial charge in [0.25, 0.3) is 5.91 Å². The molecule has 3 rings (SSSR count). The van der Waals surface area contributed by atoms with Crippen molar-refractivity contribution in [3.63, 3.8) is 0 Å². The number of benzene rings is 2. The van der Waals surface area contributed by atoms with Crippen molar-refractivity contribution in [1.82, 2.24) is 0 Å². The van der Waals surface area contributed by atoms with E-state index in [4.69, 9.17) is 4.74 Å². The van der Waals surface area contributed by atoms with E-state index in [1.54, 1.807) is 18.2 Å². The minimum Gasteiger partial charge on any atom is -0.448 e. The van der Waals surface area contributed by atoms with Gasteiger partial charge < -0.3 is 10.1 Å². The Hall–Kier alpha value is -3.20. The Morgan fingerprint density at radius 2 is 1.67 bits per heavy atom. The average Bonchev–Trinajstić information content (AvgIpc) is 3.18. The van der Waals surface area contributed by atoms with Crippen molar-refractivity contribution in [1.29, 1.82) is 0 Å². The van der Waals surface area contributed by atoms with Crippen LogP contribution >= 0.6 is 11.3 Å². The highest BCUT2D eigenvalue weighted by Crippen LogP contribution is 2.34. The third-order valence-electron chi connectivity index (χ3n) is 4.08. The number of carbonyl (C=O) groups excluding carboxylic acids is 2. The zero-order valence-corrected chi connectivity index (χ0v) is 16.3. The number of ether oxygens (including phenoxy) is 1. The number of alkyl halides is 3. The summed E-state index contributed by atoms with van der Waals surface area (Å²) in [5.41, 5.74) is -0.721. The van der Waals surface area contributed by atoms with Crippen LogP contribution in [0.2, 0.25) is 0 Å². The quantitative estimate of drug-likeness (QED) is 0.408. The SMILES string of the molecule is CC(OC(=O)c1ccc(-c2ccc(F)cc2)s1)C(=O)Nc1ccccc1C(F)(F)F. The van der Waals surface area contributed by atoms with Gasteiger partial charge in [-0.2, -0.15) is 13.2 Å². The van der Waals surface area contributed by atoms with Crippen LogP contribution in [0, 0.1) is 5.82 Å². The van der Waals surface area contributed by atoms with Gasteiger partial charge in [0.15, 0.2) is 6.10 Å². The maximum Gasteiger partial charge on any atom is 0.418 e. The maximum absolute atomic E-state index is 13.0. The Balaban J connectivity index is 1.66. The van der Waals surface area contributed by atoms with Crippen LogP contribution in [-0.2, 0) is 15.7 Å². The molecule has 0 aliphatic rings. The zero-order valence-electron chi connectivity index (χ0n) is 15.5. The molecule has 2 aromatic carbocycles. The first-order chi connectivity index (χ1) is 14.1. The smallest absolute Gasteiger partial charge is 0.418 e. The highest BCUT2D eigenvalue weighted by Gasteiger charge is 2.34.